The van der Waals surface area contributed by atoms with E-state index >= 15 is 0 Å². The molecule has 8 nitrogen and oxygen atoms in total. The van der Waals surface area contributed by atoms with E-state index in [2.05, 4.69) is 25.8 Å². The zero-order valence-electron chi connectivity index (χ0n) is 13.3. The molecule has 1 amide bonds. The highest BCUT2D eigenvalue weighted by atomic mass is 32.1. The Morgan fingerprint density at radius 2 is 2.22 bits per heavy atom. The van der Waals surface area contributed by atoms with Crippen molar-refractivity contribution in [2.75, 3.05) is 19.0 Å². The summed E-state index contributed by atoms with van der Waals surface area (Å²) in [4.78, 5) is 17.7. The first-order valence-electron chi connectivity index (χ1n) is 7.73. The van der Waals surface area contributed by atoms with Crippen molar-refractivity contribution in [1.82, 2.24) is 25.2 Å². The van der Waals surface area contributed by atoms with Gasteiger partial charge in [-0.25, -0.2) is 9.67 Å². The predicted octanol–water partition coefficient (Wildman–Crippen LogP) is 1.99. The Hall–Kier alpha value is -1.87. The molecule has 1 saturated carbocycles. The summed E-state index contributed by atoms with van der Waals surface area (Å²) in [7, 11) is 1.61. The van der Waals surface area contributed by atoms with Crippen molar-refractivity contribution in [3.8, 4) is 0 Å². The number of methoxy groups -OCH3 is 1. The lowest BCUT2D eigenvalue weighted by Gasteiger charge is -2.05. The number of thiazole rings is 1. The molecule has 3 rings (SSSR count). The molecule has 0 bridgehead atoms. The summed E-state index contributed by atoms with van der Waals surface area (Å²) < 4.78 is 6.51. The van der Waals surface area contributed by atoms with Crippen molar-refractivity contribution in [3.05, 3.63) is 15.6 Å². The molecule has 0 radical (unpaired) electrons. The van der Waals surface area contributed by atoms with Crippen molar-refractivity contribution < 1.29 is 9.53 Å². The quantitative estimate of drug-likeness (QED) is 0.867. The highest BCUT2D eigenvalue weighted by Crippen LogP contribution is 2.37. The molecule has 0 aliphatic heterocycles. The minimum Gasteiger partial charge on any atom is -0.383 e. The Kier molecular flexibility index (Phi) is 4.97. The van der Waals surface area contributed by atoms with E-state index in [-0.39, 0.29) is 5.91 Å². The lowest BCUT2D eigenvalue weighted by molar-refractivity contribution is 0.102. The smallest absolute Gasteiger partial charge is 0.270 e. The fourth-order valence-corrected chi connectivity index (χ4v) is 3.89. The van der Waals surface area contributed by atoms with Gasteiger partial charge in [-0.05, 0) is 30.2 Å². The molecular formula is C14H20N6O2S. The zero-order valence-corrected chi connectivity index (χ0v) is 14.1. The van der Waals surface area contributed by atoms with Crippen LogP contribution in [0.4, 0.5) is 5.95 Å². The Bertz CT molecular complexity index is 677. The van der Waals surface area contributed by atoms with Crippen LogP contribution in [0.25, 0.3) is 0 Å². The molecule has 1 fully saturated rings. The van der Waals surface area contributed by atoms with Gasteiger partial charge in [0, 0.05) is 13.0 Å². The standard InChI is InChI=1S/C14H20N6O2S/c1-9-11(23-13(15-9)10-5-3-4-6-10)12(21)16-14-17-18-19-20(14)7-8-22-2/h10H,3-8H2,1-2H3,(H,16,17,19,21). The number of nitrogens with zero attached hydrogens (tertiary/aromatic N) is 5. The Morgan fingerprint density at radius 3 is 2.96 bits per heavy atom. The lowest BCUT2D eigenvalue weighted by atomic mass is 10.1. The van der Waals surface area contributed by atoms with E-state index in [0.717, 1.165) is 10.7 Å². The number of hydrogen-bond acceptors (Lipinski definition) is 7. The Balaban J connectivity index is 1.72. The van der Waals surface area contributed by atoms with Gasteiger partial charge in [0.1, 0.15) is 4.88 Å². The molecule has 9 heteroatoms. The van der Waals surface area contributed by atoms with Crippen LogP contribution in [-0.4, -0.2) is 44.8 Å². The van der Waals surface area contributed by atoms with Gasteiger partial charge in [-0.3, -0.25) is 10.1 Å². The number of aromatic nitrogens is 5. The Morgan fingerprint density at radius 1 is 1.43 bits per heavy atom. The van der Waals surface area contributed by atoms with Crippen LogP contribution in [0, 0.1) is 6.92 Å². The van der Waals surface area contributed by atoms with Crippen LogP contribution in [0.2, 0.25) is 0 Å². The van der Waals surface area contributed by atoms with Gasteiger partial charge in [0.2, 0.25) is 5.95 Å². The first-order valence-corrected chi connectivity index (χ1v) is 8.54. The second-order valence-corrected chi connectivity index (χ2v) is 6.65. The third kappa shape index (κ3) is 3.56. The first kappa shape index (κ1) is 16.0. The molecule has 124 valence electrons. The summed E-state index contributed by atoms with van der Waals surface area (Å²) in [6, 6.07) is 0. The van der Waals surface area contributed by atoms with Gasteiger partial charge in [0.25, 0.3) is 5.91 Å². The Labute approximate surface area is 138 Å². The molecule has 2 aromatic rings. The number of hydrogen-bond donors (Lipinski definition) is 1. The third-order valence-electron chi connectivity index (χ3n) is 3.99. The summed E-state index contributed by atoms with van der Waals surface area (Å²) in [5, 5.41) is 15.1. The van der Waals surface area contributed by atoms with Gasteiger partial charge in [0.05, 0.1) is 23.9 Å². The summed E-state index contributed by atoms with van der Waals surface area (Å²) >= 11 is 1.48. The summed E-state index contributed by atoms with van der Waals surface area (Å²) in [6.45, 7) is 2.82. The molecule has 0 saturated heterocycles. The molecular weight excluding hydrogens is 316 g/mol. The van der Waals surface area contributed by atoms with E-state index < -0.39 is 0 Å². The molecule has 0 unspecified atom stereocenters. The van der Waals surface area contributed by atoms with Crippen LogP contribution < -0.4 is 5.32 Å². The molecule has 23 heavy (non-hydrogen) atoms. The van der Waals surface area contributed by atoms with Gasteiger partial charge in [-0.15, -0.1) is 11.3 Å². The van der Waals surface area contributed by atoms with E-state index in [0.29, 0.717) is 29.9 Å². The van der Waals surface area contributed by atoms with E-state index in [1.165, 1.54) is 41.7 Å². The van der Waals surface area contributed by atoms with Crippen LogP contribution in [0.15, 0.2) is 0 Å². The molecule has 0 spiro atoms. The number of carbonyl (C=O) groups is 1. The van der Waals surface area contributed by atoms with Crippen LogP contribution in [0.1, 0.15) is 52.0 Å². The van der Waals surface area contributed by atoms with Gasteiger partial charge in [-0.1, -0.05) is 17.9 Å². The van der Waals surface area contributed by atoms with Gasteiger partial charge in [0.15, 0.2) is 0 Å². The maximum Gasteiger partial charge on any atom is 0.270 e. The van der Waals surface area contributed by atoms with E-state index in [4.69, 9.17) is 4.74 Å². The second-order valence-electron chi connectivity index (χ2n) is 5.62. The maximum absolute atomic E-state index is 12.5. The predicted molar refractivity (Wildman–Crippen MR) is 85.7 cm³/mol. The van der Waals surface area contributed by atoms with Crippen molar-refractivity contribution >= 4 is 23.2 Å². The molecule has 2 heterocycles. The van der Waals surface area contributed by atoms with Crippen molar-refractivity contribution in [2.45, 2.75) is 45.1 Å². The van der Waals surface area contributed by atoms with Crippen molar-refractivity contribution in [3.63, 3.8) is 0 Å². The number of amides is 1. The largest absolute Gasteiger partial charge is 0.383 e. The normalized spacial score (nSPS) is 15.2. The fraction of sp³-hybridized carbons (Fsp3) is 0.643. The lowest BCUT2D eigenvalue weighted by Crippen LogP contribution is -2.17. The summed E-state index contributed by atoms with van der Waals surface area (Å²) in [6.07, 6.45) is 4.84. The van der Waals surface area contributed by atoms with Crippen LogP contribution >= 0.6 is 11.3 Å². The number of rotatable bonds is 6. The minimum absolute atomic E-state index is 0.210. The summed E-state index contributed by atoms with van der Waals surface area (Å²) in [5.41, 5.74) is 0.769. The number of anilines is 1. The van der Waals surface area contributed by atoms with Crippen molar-refractivity contribution in [1.29, 1.82) is 0 Å². The molecule has 1 aliphatic rings. The monoisotopic (exact) mass is 336 g/mol. The average molecular weight is 336 g/mol. The average Bonchev–Trinajstić information content (AvgIpc) is 3.25. The molecule has 2 aromatic heterocycles. The SMILES string of the molecule is COCCn1nnnc1NC(=O)c1sc(C2CCCC2)nc1C. The fourth-order valence-electron chi connectivity index (χ4n) is 2.76. The minimum atomic E-state index is -0.210. The van der Waals surface area contributed by atoms with Crippen LogP contribution in [0.5, 0.6) is 0 Å². The maximum atomic E-state index is 12.5. The topological polar surface area (TPSA) is 94.8 Å². The molecule has 0 aromatic carbocycles. The van der Waals surface area contributed by atoms with E-state index in [1.807, 2.05) is 6.92 Å². The van der Waals surface area contributed by atoms with Crippen LogP contribution in [0.3, 0.4) is 0 Å². The van der Waals surface area contributed by atoms with E-state index in [1.54, 1.807) is 7.11 Å². The highest BCUT2D eigenvalue weighted by Gasteiger charge is 2.24. The first-order chi connectivity index (χ1) is 11.2. The molecule has 0 atom stereocenters. The number of tetrazole rings is 1. The number of ether oxygens (including phenoxy) is 1. The van der Waals surface area contributed by atoms with Gasteiger partial charge < -0.3 is 4.74 Å². The zero-order chi connectivity index (χ0) is 16.2. The van der Waals surface area contributed by atoms with E-state index in [9.17, 15) is 4.79 Å². The van der Waals surface area contributed by atoms with Crippen molar-refractivity contribution in [2.24, 2.45) is 0 Å². The third-order valence-corrected chi connectivity index (χ3v) is 5.31. The number of aryl methyl sites for hydroxylation is 1. The second kappa shape index (κ2) is 7.14. The molecule has 1 N–H and O–H groups in total. The number of nitrogens with one attached hydrogen (secondary N) is 1. The highest BCUT2D eigenvalue weighted by molar-refractivity contribution is 7.14. The van der Waals surface area contributed by atoms with Gasteiger partial charge >= 0.3 is 0 Å². The number of carbonyl (C=O) groups excluding carboxylic acids is 1. The summed E-state index contributed by atoms with van der Waals surface area (Å²) in [5.74, 6) is 0.618. The van der Waals surface area contributed by atoms with Crippen LogP contribution in [-0.2, 0) is 11.3 Å². The molecule has 1 aliphatic carbocycles. The van der Waals surface area contributed by atoms with Gasteiger partial charge in [-0.2, -0.15) is 0 Å².